The number of hydrogen-bond donors (Lipinski definition) is 4. The summed E-state index contributed by atoms with van der Waals surface area (Å²) < 4.78 is 0. The van der Waals surface area contributed by atoms with E-state index in [0.717, 1.165) is 48.7 Å². The molecule has 2 aromatic rings. The standard InChI is InChI=1S/C29H39N5O3/c1-4-6-15-30-26-21-29(37)28(32-23-9-13-25(14-10-23)34(5-2)17-19-36)20-27(26)31-22-7-11-24(12-8-22)33(3)16-18-35/h7-14,20-21,30,32,35-36H,4-6,15-19H2,1-3H3. The van der Waals surface area contributed by atoms with Crippen LogP contribution in [0.4, 0.5) is 22.7 Å². The van der Waals surface area contributed by atoms with Gasteiger partial charge in [0, 0.05) is 56.4 Å². The Labute approximate surface area is 220 Å². The van der Waals surface area contributed by atoms with Crippen LogP contribution in [0.5, 0.6) is 0 Å². The van der Waals surface area contributed by atoms with Gasteiger partial charge >= 0.3 is 0 Å². The number of aliphatic imine (C=N–C) groups is 1. The van der Waals surface area contributed by atoms with Crippen LogP contribution >= 0.6 is 0 Å². The minimum absolute atomic E-state index is 0.0922. The highest BCUT2D eigenvalue weighted by Gasteiger charge is 2.19. The number of aliphatic hydroxyl groups excluding tert-OH is 2. The van der Waals surface area contributed by atoms with Gasteiger partial charge in [0.2, 0.25) is 5.78 Å². The molecule has 37 heavy (non-hydrogen) atoms. The molecule has 0 bridgehead atoms. The van der Waals surface area contributed by atoms with Crippen molar-refractivity contribution in [3.05, 3.63) is 72.1 Å². The summed E-state index contributed by atoms with van der Waals surface area (Å²) in [6.45, 7) is 7.06. The number of rotatable bonds is 14. The van der Waals surface area contributed by atoms with Crippen LogP contribution in [0, 0.1) is 0 Å². The second-order valence-corrected chi connectivity index (χ2v) is 8.89. The number of benzene rings is 2. The monoisotopic (exact) mass is 505 g/mol. The van der Waals surface area contributed by atoms with Gasteiger partial charge in [0.15, 0.2) is 0 Å². The lowest BCUT2D eigenvalue weighted by Gasteiger charge is -2.22. The van der Waals surface area contributed by atoms with Gasteiger partial charge in [-0.05, 0) is 68.0 Å². The molecule has 0 fully saturated rings. The Hall–Kier alpha value is -3.62. The largest absolute Gasteiger partial charge is 0.395 e. The lowest BCUT2D eigenvalue weighted by Crippen LogP contribution is -2.27. The van der Waals surface area contributed by atoms with Crippen molar-refractivity contribution in [2.45, 2.75) is 26.7 Å². The van der Waals surface area contributed by atoms with Gasteiger partial charge in [-0.1, -0.05) is 13.3 Å². The number of carbonyl (C=O) groups is 1. The summed E-state index contributed by atoms with van der Waals surface area (Å²) in [6, 6.07) is 15.6. The van der Waals surface area contributed by atoms with Crippen LogP contribution in [0.2, 0.25) is 0 Å². The van der Waals surface area contributed by atoms with Gasteiger partial charge in [-0.2, -0.15) is 0 Å². The second-order valence-electron chi connectivity index (χ2n) is 8.89. The Kier molecular flexibility index (Phi) is 10.7. The number of nitrogens with zero attached hydrogens (tertiary/aromatic N) is 3. The number of aliphatic hydroxyl groups is 2. The fourth-order valence-electron chi connectivity index (χ4n) is 4.00. The van der Waals surface area contributed by atoms with Crippen molar-refractivity contribution in [2.75, 3.05) is 61.6 Å². The maximum Gasteiger partial charge on any atom is 0.204 e. The zero-order valence-corrected chi connectivity index (χ0v) is 22.1. The normalized spacial score (nSPS) is 14.3. The fraction of sp³-hybridized carbons (Fsp3) is 0.379. The molecule has 0 heterocycles. The molecule has 1 aliphatic carbocycles. The molecule has 2 aromatic carbocycles. The van der Waals surface area contributed by atoms with Crippen molar-refractivity contribution >= 4 is 34.2 Å². The zero-order chi connectivity index (χ0) is 26.6. The number of nitrogens with one attached hydrogen (secondary N) is 2. The molecular weight excluding hydrogens is 466 g/mol. The summed E-state index contributed by atoms with van der Waals surface area (Å²) in [7, 11) is 1.93. The third-order valence-corrected chi connectivity index (χ3v) is 6.18. The van der Waals surface area contributed by atoms with Gasteiger partial charge in [-0.25, -0.2) is 4.99 Å². The van der Waals surface area contributed by atoms with Crippen LogP contribution in [0.15, 0.2) is 77.1 Å². The molecule has 0 atom stereocenters. The van der Waals surface area contributed by atoms with E-state index in [-0.39, 0.29) is 19.0 Å². The molecule has 8 nitrogen and oxygen atoms in total. The van der Waals surface area contributed by atoms with E-state index in [0.29, 0.717) is 30.2 Å². The van der Waals surface area contributed by atoms with Gasteiger partial charge in [0.05, 0.1) is 36.0 Å². The molecule has 3 rings (SSSR count). The number of likely N-dealkylation sites (N-methyl/N-ethyl adjacent to an activating group) is 2. The van der Waals surface area contributed by atoms with Crippen molar-refractivity contribution in [3.8, 4) is 0 Å². The molecule has 0 saturated heterocycles. The van der Waals surface area contributed by atoms with E-state index in [1.54, 1.807) is 12.2 Å². The van der Waals surface area contributed by atoms with E-state index >= 15 is 0 Å². The predicted octanol–water partition coefficient (Wildman–Crippen LogP) is 3.86. The van der Waals surface area contributed by atoms with Crippen molar-refractivity contribution in [1.29, 1.82) is 0 Å². The lowest BCUT2D eigenvalue weighted by molar-refractivity contribution is -0.111. The first kappa shape index (κ1) is 28.0. The molecule has 0 saturated carbocycles. The molecular formula is C29H39N5O3. The van der Waals surface area contributed by atoms with Crippen molar-refractivity contribution in [2.24, 2.45) is 4.99 Å². The van der Waals surface area contributed by atoms with E-state index in [4.69, 9.17) is 4.99 Å². The van der Waals surface area contributed by atoms with Crippen molar-refractivity contribution < 1.29 is 15.0 Å². The summed E-state index contributed by atoms with van der Waals surface area (Å²) in [4.78, 5) is 21.9. The molecule has 0 amide bonds. The highest BCUT2D eigenvalue weighted by molar-refractivity contribution is 6.23. The Morgan fingerprint density at radius 1 is 0.865 bits per heavy atom. The number of ketones is 1. The van der Waals surface area contributed by atoms with E-state index < -0.39 is 0 Å². The Bertz CT molecular complexity index is 1110. The first-order valence-corrected chi connectivity index (χ1v) is 12.9. The van der Waals surface area contributed by atoms with Gasteiger partial charge in [-0.3, -0.25) is 4.79 Å². The fourth-order valence-corrected chi connectivity index (χ4v) is 4.00. The minimum atomic E-state index is -0.113. The first-order chi connectivity index (χ1) is 18.0. The minimum Gasteiger partial charge on any atom is -0.395 e. The molecule has 8 heteroatoms. The van der Waals surface area contributed by atoms with Crippen LogP contribution in [-0.4, -0.2) is 68.1 Å². The Balaban J connectivity index is 1.84. The molecule has 0 unspecified atom stereocenters. The third-order valence-electron chi connectivity index (χ3n) is 6.18. The smallest absolute Gasteiger partial charge is 0.204 e. The number of hydrogen-bond acceptors (Lipinski definition) is 8. The zero-order valence-electron chi connectivity index (χ0n) is 22.1. The van der Waals surface area contributed by atoms with E-state index in [9.17, 15) is 15.0 Å². The topological polar surface area (TPSA) is 100 Å². The Morgan fingerprint density at radius 2 is 1.54 bits per heavy atom. The lowest BCUT2D eigenvalue weighted by atomic mass is 10.0. The SMILES string of the molecule is CCCCNC1=CC(=O)C(Nc2ccc(N(CC)CCO)cc2)=CC1=Nc1ccc(N(C)CCO)cc1. The number of allylic oxidation sites excluding steroid dienone is 2. The molecule has 0 radical (unpaired) electrons. The maximum absolute atomic E-state index is 13.0. The molecule has 1 aliphatic rings. The summed E-state index contributed by atoms with van der Waals surface area (Å²) in [5, 5.41) is 25.1. The molecule has 4 N–H and O–H groups in total. The molecule has 0 aliphatic heterocycles. The molecule has 0 aromatic heterocycles. The van der Waals surface area contributed by atoms with Gasteiger partial charge in [0.1, 0.15) is 0 Å². The highest BCUT2D eigenvalue weighted by Crippen LogP contribution is 2.23. The van der Waals surface area contributed by atoms with Crippen LogP contribution in [0.25, 0.3) is 0 Å². The van der Waals surface area contributed by atoms with E-state index in [2.05, 4.69) is 22.5 Å². The van der Waals surface area contributed by atoms with Crippen LogP contribution in [0.3, 0.4) is 0 Å². The maximum atomic E-state index is 13.0. The quantitative estimate of drug-likeness (QED) is 0.229. The van der Waals surface area contributed by atoms with Crippen LogP contribution < -0.4 is 20.4 Å². The third kappa shape index (κ3) is 7.93. The van der Waals surface area contributed by atoms with E-state index in [1.807, 2.05) is 67.4 Å². The van der Waals surface area contributed by atoms with Gasteiger partial charge < -0.3 is 30.6 Å². The summed E-state index contributed by atoms with van der Waals surface area (Å²) in [5.74, 6) is -0.113. The first-order valence-electron chi connectivity index (χ1n) is 12.9. The number of unbranched alkanes of at least 4 members (excludes halogenated alkanes) is 1. The van der Waals surface area contributed by atoms with Gasteiger partial charge in [0.25, 0.3) is 0 Å². The van der Waals surface area contributed by atoms with Gasteiger partial charge in [-0.15, -0.1) is 0 Å². The molecule has 0 spiro atoms. The predicted molar refractivity (Wildman–Crippen MR) is 153 cm³/mol. The van der Waals surface area contributed by atoms with Crippen molar-refractivity contribution in [1.82, 2.24) is 5.32 Å². The van der Waals surface area contributed by atoms with Crippen LogP contribution in [-0.2, 0) is 4.79 Å². The van der Waals surface area contributed by atoms with E-state index in [1.165, 1.54) is 0 Å². The summed E-state index contributed by atoms with van der Waals surface area (Å²) in [5.41, 5.74) is 5.44. The highest BCUT2D eigenvalue weighted by atomic mass is 16.3. The summed E-state index contributed by atoms with van der Waals surface area (Å²) >= 11 is 0. The van der Waals surface area contributed by atoms with Crippen LogP contribution in [0.1, 0.15) is 26.7 Å². The van der Waals surface area contributed by atoms with Crippen molar-refractivity contribution in [3.63, 3.8) is 0 Å². The average molecular weight is 506 g/mol. The number of carbonyl (C=O) groups excluding carboxylic acids is 1. The number of anilines is 3. The molecule has 198 valence electrons. The Morgan fingerprint density at radius 3 is 2.16 bits per heavy atom. The summed E-state index contributed by atoms with van der Waals surface area (Å²) in [6.07, 6.45) is 5.45. The second kappa shape index (κ2) is 14.2. The average Bonchev–Trinajstić information content (AvgIpc) is 2.91.